The zero-order valence-corrected chi connectivity index (χ0v) is 10.1. The number of aryl methyl sites for hydroxylation is 2. The fourth-order valence-corrected chi connectivity index (χ4v) is 1.96. The summed E-state index contributed by atoms with van der Waals surface area (Å²) in [6, 6.07) is -0.503. The number of oxazole rings is 1. The van der Waals surface area contributed by atoms with Gasteiger partial charge in [-0.1, -0.05) is 0 Å². The van der Waals surface area contributed by atoms with Crippen LogP contribution in [0.25, 0.3) is 0 Å². The number of aromatic nitrogens is 1. The summed E-state index contributed by atoms with van der Waals surface area (Å²) in [4.78, 5) is 17.2. The van der Waals surface area contributed by atoms with E-state index in [1.54, 1.807) is 0 Å². The van der Waals surface area contributed by atoms with E-state index in [1.165, 1.54) is 0 Å². The fourth-order valence-electron chi connectivity index (χ4n) is 1.96. The van der Waals surface area contributed by atoms with Crippen molar-refractivity contribution in [2.75, 3.05) is 19.6 Å². The van der Waals surface area contributed by atoms with Gasteiger partial charge in [0.25, 0.3) is 0 Å². The quantitative estimate of drug-likeness (QED) is 0.781. The zero-order valence-electron chi connectivity index (χ0n) is 10.1. The molecule has 94 valence electrons. The molecule has 1 unspecified atom stereocenters. The molecular weight excluding hydrogens is 222 g/mol. The molecule has 0 aliphatic carbocycles. The van der Waals surface area contributed by atoms with Crippen LogP contribution < -0.4 is 5.32 Å². The van der Waals surface area contributed by atoms with Gasteiger partial charge in [0.1, 0.15) is 11.8 Å². The molecule has 2 rings (SSSR count). The Bertz CT molecular complexity index is 397. The van der Waals surface area contributed by atoms with Gasteiger partial charge in [-0.15, -0.1) is 0 Å². The molecule has 1 atom stereocenters. The summed E-state index contributed by atoms with van der Waals surface area (Å²) < 4.78 is 5.48. The maximum absolute atomic E-state index is 11.1. The van der Waals surface area contributed by atoms with Gasteiger partial charge in [0, 0.05) is 19.6 Å². The van der Waals surface area contributed by atoms with Crippen LogP contribution in [-0.4, -0.2) is 46.6 Å². The minimum Gasteiger partial charge on any atom is -0.480 e. The van der Waals surface area contributed by atoms with Crippen molar-refractivity contribution in [3.63, 3.8) is 0 Å². The van der Waals surface area contributed by atoms with Crippen molar-refractivity contribution >= 4 is 5.97 Å². The van der Waals surface area contributed by atoms with Gasteiger partial charge < -0.3 is 14.8 Å². The predicted molar refractivity (Wildman–Crippen MR) is 60.7 cm³/mol. The summed E-state index contributed by atoms with van der Waals surface area (Å²) in [5.41, 5.74) is 0.863. The van der Waals surface area contributed by atoms with Gasteiger partial charge in [0.2, 0.25) is 5.89 Å². The summed E-state index contributed by atoms with van der Waals surface area (Å²) in [7, 11) is 0. The highest BCUT2D eigenvalue weighted by atomic mass is 16.4. The lowest BCUT2D eigenvalue weighted by Gasteiger charge is -2.32. The molecule has 17 heavy (non-hydrogen) atoms. The number of carbonyl (C=O) groups is 1. The molecule has 1 aliphatic rings. The smallest absolute Gasteiger partial charge is 0.322 e. The van der Waals surface area contributed by atoms with Crippen molar-refractivity contribution in [2.24, 2.45) is 0 Å². The summed E-state index contributed by atoms with van der Waals surface area (Å²) in [5.74, 6) is 0.576. The molecule has 2 heterocycles. The van der Waals surface area contributed by atoms with Crippen LogP contribution in [-0.2, 0) is 11.3 Å². The number of hydrogen-bond acceptors (Lipinski definition) is 5. The molecule has 1 aromatic rings. The first-order chi connectivity index (χ1) is 8.08. The highest BCUT2D eigenvalue weighted by Gasteiger charge is 2.29. The van der Waals surface area contributed by atoms with Gasteiger partial charge in [-0.2, -0.15) is 0 Å². The second kappa shape index (κ2) is 4.85. The van der Waals surface area contributed by atoms with Gasteiger partial charge in [-0.3, -0.25) is 9.69 Å². The number of nitrogens with zero attached hydrogens (tertiary/aromatic N) is 2. The average Bonchev–Trinajstić information content (AvgIpc) is 2.58. The minimum absolute atomic E-state index is 0.452. The van der Waals surface area contributed by atoms with Crippen LogP contribution in [0.5, 0.6) is 0 Å². The van der Waals surface area contributed by atoms with Crippen LogP contribution in [0, 0.1) is 13.8 Å². The van der Waals surface area contributed by atoms with Crippen LogP contribution in [0.3, 0.4) is 0 Å². The molecule has 2 N–H and O–H groups in total. The van der Waals surface area contributed by atoms with E-state index < -0.39 is 12.0 Å². The first-order valence-corrected chi connectivity index (χ1v) is 5.68. The van der Waals surface area contributed by atoms with E-state index in [1.807, 2.05) is 18.7 Å². The first kappa shape index (κ1) is 12.1. The topological polar surface area (TPSA) is 78.6 Å². The molecule has 0 amide bonds. The van der Waals surface area contributed by atoms with Gasteiger partial charge in [-0.05, 0) is 13.8 Å². The van der Waals surface area contributed by atoms with E-state index in [2.05, 4.69) is 10.3 Å². The Morgan fingerprint density at radius 1 is 1.65 bits per heavy atom. The van der Waals surface area contributed by atoms with Crippen LogP contribution in [0.1, 0.15) is 17.3 Å². The Kier molecular flexibility index (Phi) is 3.44. The lowest BCUT2D eigenvalue weighted by atomic mass is 10.2. The molecule has 1 saturated heterocycles. The predicted octanol–water partition coefficient (Wildman–Crippen LogP) is 0.150. The third kappa shape index (κ3) is 2.65. The van der Waals surface area contributed by atoms with E-state index in [9.17, 15) is 4.79 Å². The van der Waals surface area contributed by atoms with E-state index in [0.717, 1.165) is 18.0 Å². The summed E-state index contributed by atoms with van der Waals surface area (Å²) in [6.45, 7) is 6.15. The highest BCUT2D eigenvalue weighted by molar-refractivity contribution is 5.73. The standard InChI is InChI=1S/C11H17N3O3/c1-7-8(2)17-10(13-7)6-14-4-3-12-5-9(14)11(15)16/h9,12H,3-6H2,1-2H3,(H,15,16). The zero-order chi connectivity index (χ0) is 12.4. The maximum atomic E-state index is 11.1. The minimum atomic E-state index is -0.808. The molecule has 6 nitrogen and oxygen atoms in total. The third-order valence-corrected chi connectivity index (χ3v) is 3.05. The number of carboxylic acid groups (broad SMARTS) is 1. The van der Waals surface area contributed by atoms with Crippen molar-refractivity contribution in [3.05, 3.63) is 17.3 Å². The molecule has 0 radical (unpaired) electrons. The largest absolute Gasteiger partial charge is 0.480 e. The van der Waals surface area contributed by atoms with Gasteiger partial charge >= 0.3 is 5.97 Å². The number of hydrogen-bond donors (Lipinski definition) is 2. The third-order valence-electron chi connectivity index (χ3n) is 3.05. The number of nitrogens with one attached hydrogen (secondary N) is 1. The molecule has 0 saturated carbocycles. The number of piperazine rings is 1. The van der Waals surface area contributed by atoms with E-state index in [0.29, 0.717) is 25.5 Å². The molecular formula is C11H17N3O3. The molecule has 0 bridgehead atoms. The first-order valence-electron chi connectivity index (χ1n) is 5.68. The molecule has 0 aromatic carbocycles. The van der Waals surface area contributed by atoms with Gasteiger partial charge in [-0.25, -0.2) is 4.98 Å². The Hall–Kier alpha value is -1.40. The van der Waals surface area contributed by atoms with Crippen molar-refractivity contribution in [1.82, 2.24) is 15.2 Å². The van der Waals surface area contributed by atoms with Crippen molar-refractivity contribution in [2.45, 2.75) is 26.4 Å². The van der Waals surface area contributed by atoms with Crippen LogP contribution >= 0.6 is 0 Å². The fraction of sp³-hybridized carbons (Fsp3) is 0.636. The lowest BCUT2D eigenvalue weighted by Crippen LogP contribution is -2.54. The number of rotatable bonds is 3. The lowest BCUT2D eigenvalue weighted by molar-refractivity contribution is -0.144. The van der Waals surface area contributed by atoms with Crippen molar-refractivity contribution in [3.8, 4) is 0 Å². The summed E-state index contributed by atoms with van der Waals surface area (Å²) in [6.07, 6.45) is 0. The molecule has 6 heteroatoms. The SMILES string of the molecule is Cc1nc(CN2CCNCC2C(=O)O)oc1C. The van der Waals surface area contributed by atoms with E-state index >= 15 is 0 Å². The van der Waals surface area contributed by atoms with E-state index in [4.69, 9.17) is 9.52 Å². The van der Waals surface area contributed by atoms with Crippen molar-refractivity contribution in [1.29, 1.82) is 0 Å². The van der Waals surface area contributed by atoms with Crippen LogP contribution in [0.15, 0.2) is 4.42 Å². The second-order valence-electron chi connectivity index (χ2n) is 4.28. The van der Waals surface area contributed by atoms with Crippen LogP contribution in [0.4, 0.5) is 0 Å². The van der Waals surface area contributed by atoms with Gasteiger partial charge in [0.15, 0.2) is 0 Å². The molecule has 0 spiro atoms. The summed E-state index contributed by atoms with van der Waals surface area (Å²) >= 11 is 0. The highest BCUT2D eigenvalue weighted by Crippen LogP contribution is 2.13. The molecule has 1 aliphatic heterocycles. The molecule has 1 aromatic heterocycles. The maximum Gasteiger partial charge on any atom is 0.322 e. The molecule has 1 fully saturated rings. The Morgan fingerprint density at radius 3 is 3.00 bits per heavy atom. The van der Waals surface area contributed by atoms with Crippen molar-refractivity contribution < 1.29 is 14.3 Å². The van der Waals surface area contributed by atoms with Gasteiger partial charge in [0.05, 0.1) is 12.2 Å². The average molecular weight is 239 g/mol. The number of carboxylic acids is 1. The second-order valence-corrected chi connectivity index (χ2v) is 4.28. The Balaban J connectivity index is 2.07. The summed E-state index contributed by atoms with van der Waals surface area (Å²) in [5, 5.41) is 12.2. The monoisotopic (exact) mass is 239 g/mol. The Morgan fingerprint density at radius 2 is 2.41 bits per heavy atom. The Labute approximate surface area is 99.6 Å². The van der Waals surface area contributed by atoms with Crippen LogP contribution in [0.2, 0.25) is 0 Å². The van der Waals surface area contributed by atoms with E-state index in [-0.39, 0.29) is 0 Å². The normalized spacial score (nSPS) is 21.6. The number of aliphatic carboxylic acids is 1.